The molecule has 2 aliphatic rings. The van der Waals surface area contributed by atoms with Crippen LogP contribution >= 0.6 is 0 Å². The van der Waals surface area contributed by atoms with Gasteiger partial charge >= 0.3 is 18.1 Å². The quantitative estimate of drug-likeness (QED) is 0.840. The van der Waals surface area contributed by atoms with E-state index in [-0.39, 0.29) is 19.3 Å². The SMILES string of the molecule is O=C(O)[C@@H]1Cc2cccc3c2N1C(=O)C(NC(=O)C(F)(F)F)CC3. The summed E-state index contributed by atoms with van der Waals surface area (Å²) in [5, 5.41) is 11.0. The van der Waals surface area contributed by atoms with Crippen molar-refractivity contribution in [1.82, 2.24) is 5.32 Å². The molecule has 0 saturated carbocycles. The largest absolute Gasteiger partial charge is 0.480 e. The second kappa shape index (κ2) is 5.50. The highest BCUT2D eigenvalue weighted by molar-refractivity contribution is 6.06. The van der Waals surface area contributed by atoms with E-state index in [1.54, 1.807) is 23.5 Å². The number of para-hydroxylation sites is 1. The fourth-order valence-electron chi connectivity index (χ4n) is 3.20. The highest BCUT2D eigenvalue weighted by atomic mass is 19.4. The van der Waals surface area contributed by atoms with Crippen LogP contribution in [0, 0.1) is 0 Å². The minimum absolute atomic E-state index is 0.0278. The molecule has 3 rings (SSSR count). The second-order valence-corrected chi connectivity index (χ2v) is 5.75. The van der Waals surface area contributed by atoms with Crippen LogP contribution in [0.4, 0.5) is 18.9 Å². The second-order valence-electron chi connectivity index (χ2n) is 5.75. The van der Waals surface area contributed by atoms with Crippen molar-refractivity contribution in [1.29, 1.82) is 0 Å². The van der Waals surface area contributed by atoms with Gasteiger partial charge < -0.3 is 10.4 Å². The van der Waals surface area contributed by atoms with Gasteiger partial charge in [0.05, 0.1) is 5.69 Å². The molecule has 1 aromatic carbocycles. The molecule has 2 aliphatic heterocycles. The van der Waals surface area contributed by atoms with Crippen LogP contribution in [-0.4, -0.2) is 41.2 Å². The van der Waals surface area contributed by atoms with Crippen LogP contribution in [-0.2, 0) is 27.2 Å². The molecule has 1 unspecified atom stereocenters. The highest BCUT2D eigenvalue weighted by Gasteiger charge is 2.46. The third-order valence-electron chi connectivity index (χ3n) is 4.25. The van der Waals surface area contributed by atoms with E-state index in [1.165, 1.54) is 0 Å². The van der Waals surface area contributed by atoms with E-state index in [4.69, 9.17) is 0 Å². The summed E-state index contributed by atoms with van der Waals surface area (Å²) in [5.74, 6) is -4.28. The van der Waals surface area contributed by atoms with E-state index < -0.39 is 36.0 Å². The topological polar surface area (TPSA) is 86.7 Å². The van der Waals surface area contributed by atoms with Crippen LogP contribution in [0.3, 0.4) is 0 Å². The number of hydrogen-bond donors (Lipinski definition) is 2. The summed E-state index contributed by atoms with van der Waals surface area (Å²) in [4.78, 5) is 36.3. The molecule has 2 N–H and O–H groups in total. The highest BCUT2D eigenvalue weighted by Crippen LogP contribution is 2.39. The number of amides is 2. The molecule has 2 heterocycles. The van der Waals surface area contributed by atoms with Crippen molar-refractivity contribution in [2.45, 2.75) is 37.5 Å². The molecule has 9 heteroatoms. The number of aliphatic carboxylic acids is 1. The molecule has 0 fully saturated rings. The van der Waals surface area contributed by atoms with E-state index in [9.17, 15) is 32.7 Å². The molecule has 0 bridgehead atoms. The molecular formula is C15H13F3N2O4. The fraction of sp³-hybridized carbons (Fsp3) is 0.400. The third-order valence-corrected chi connectivity index (χ3v) is 4.25. The van der Waals surface area contributed by atoms with Crippen molar-refractivity contribution in [3.8, 4) is 0 Å². The number of carbonyl (C=O) groups excluding carboxylic acids is 2. The van der Waals surface area contributed by atoms with Crippen molar-refractivity contribution < 1.29 is 32.7 Å². The summed E-state index contributed by atoms with van der Waals surface area (Å²) in [7, 11) is 0. The van der Waals surface area contributed by atoms with Crippen molar-refractivity contribution >= 4 is 23.5 Å². The average Bonchev–Trinajstić information content (AvgIpc) is 2.83. The number of alkyl halides is 3. The number of aryl methyl sites for hydroxylation is 1. The Bertz CT molecular complexity index is 732. The van der Waals surface area contributed by atoms with Gasteiger partial charge in [0.1, 0.15) is 12.1 Å². The van der Waals surface area contributed by atoms with Gasteiger partial charge in [-0.25, -0.2) is 4.79 Å². The number of nitrogens with zero attached hydrogens (tertiary/aromatic N) is 1. The molecule has 0 saturated heterocycles. The van der Waals surface area contributed by atoms with Gasteiger partial charge in [-0.3, -0.25) is 14.5 Å². The Hall–Kier alpha value is -2.58. The molecule has 128 valence electrons. The molecule has 0 radical (unpaired) electrons. The van der Waals surface area contributed by atoms with E-state index in [2.05, 4.69) is 0 Å². The maximum Gasteiger partial charge on any atom is 0.471 e. The number of carboxylic acids is 1. The first-order valence-corrected chi connectivity index (χ1v) is 7.24. The van der Waals surface area contributed by atoms with Crippen LogP contribution in [0.2, 0.25) is 0 Å². The van der Waals surface area contributed by atoms with E-state index in [0.29, 0.717) is 16.8 Å². The molecule has 1 aromatic rings. The number of benzene rings is 1. The lowest BCUT2D eigenvalue weighted by atomic mass is 10.0. The van der Waals surface area contributed by atoms with Crippen LogP contribution in [0.15, 0.2) is 18.2 Å². The monoisotopic (exact) mass is 342 g/mol. The van der Waals surface area contributed by atoms with Crippen molar-refractivity contribution in [2.24, 2.45) is 0 Å². The average molecular weight is 342 g/mol. The molecule has 6 nitrogen and oxygen atoms in total. The van der Waals surface area contributed by atoms with E-state index >= 15 is 0 Å². The minimum atomic E-state index is -5.11. The molecule has 2 amide bonds. The maximum absolute atomic E-state index is 12.6. The smallest absolute Gasteiger partial charge is 0.471 e. The Morgan fingerprint density at radius 2 is 1.92 bits per heavy atom. The van der Waals surface area contributed by atoms with Gasteiger partial charge in [0.2, 0.25) is 5.91 Å². The van der Waals surface area contributed by atoms with E-state index in [0.717, 1.165) is 4.90 Å². The van der Waals surface area contributed by atoms with E-state index in [1.807, 2.05) is 0 Å². The first-order valence-electron chi connectivity index (χ1n) is 7.24. The van der Waals surface area contributed by atoms with Gasteiger partial charge in [0.15, 0.2) is 0 Å². The standard InChI is InChI=1S/C15H13F3N2O4/c16-15(17,18)14(24)19-9-5-4-7-2-1-3-8-6-10(13(22)23)20(11(7)8)12(9)21/h1-3,9-10H,4-6H2,(H,19,24)(H,22,23)/t9?,10-/m0/s1. The van der Waals surface area contributed by atoms with Crippen LogP contribution in [0.5, 0.6) is 0 Å². The number of halogens is 3. The predicted octanol–water partition coefficient (Wildman–Crippen LogP) is 1.02. The molecule has 0 aliphatic carbocycles. The summed E-state index contributed by atoms with van der Waals surface area (Å²) in [6.07, 6.45) is -4.79. The summed E-state index contributed by atoms with van der Waals surface area (Å²) >= 11 is 0. The first-order chi connectivity index (χ1) is 11.2. The van der Waals surface area contributed by atoms with Gasteiger partial charge in [-0.2, -0.15) is 13.2 Å². The minimum Gasteiger partial charge on any atom is -0.480 e. The zero-order valence-electron chi connectivity index (χ0n) is 12.3. The van der Waals surface area contributed by atoms with Crippen LogP contribution < -0.4 is 10.2 Å². The molecule has 24 heavy (non-hydrogen) atoms. The fourth-order valence-corrected chi connectivity index (χ4v) is 3.20. The molecule has 0 aromatic heterocycles. The zero-order valence-corrected chi connectivity index (χ0v) is 12.3. The van der Waals surface area contributed by atoms with Gasteiger partial charge in [0, 0.05) is 6.42 Å². The van der Waals surface area contributed by atoms with Crippen molar-refractivity contribution in [3.63, 3.8) is 0 Å². The normalized spacial score (nSPS) is 22.8. The Kier molecular flexibility index (Phi) is 3.73. The van der Waals surface area contributed by atoms with Crippen LogP contribution in [0.1, 0.15) is 17.5 Å². The summed E-state index contributed by atoms with van der Waals surface area (Å²) in [5.41, 5.74) is 1.79. The summed E-state index contributed by atoms with van der Waals surface area (Å²) in [6.45, 7) is 0. The summed E-state index contributed by atoms with van der Waals surface area (Å²) < 4.78 is 37.4. The molecular weight excluding hydrogens is 329 g/mol. The third kappa shape index (κ3) is 2.59. The first kappa shape index (κ1) is 16.3. The molecule has 2 atom stereocenters. The Morgan fingerprint density at radius 1 is 1.25 bits per heavy atom. The lowest BCUT2D eigenvalue weighted by Crippen LogP contribution is -2.54. The van der Waals surface area contributed by atoms with Crippen LogP contribution in [0.25, 0.3) is 0 Å². The summed E-state index contributed by atoms with van der Waals surface area (Å²) in [6, 6.07) is 2.51. The maximum atomic E-state index is 12.6. The molecule has 0 spiro atoms. The lowest BCUT2D eigenvalue weighted by Gasteiger charge is -2.26. The van der Waals surface area contributed by atoms with Gasteiger partial charge in [-0.15, -0.1) is 0 Å². The number of carbonyl (C=O) groups is 3. The van der Waals surface area contributed by atoms with Gasteiger partial charge in [-0.1, -0.05) is 18.2 Å². The van der Waals surface area contributed by atoms with Gasteiger partial charge in [0.25, 0.3) is 0 Å². The number of carboxylic acid groups (broad SMARTS) is 1. The Morgan fingerprint density at radius 3 is 2.54 bits per heavy atom. The van der Waals surface area contributed by atoms with Gasteiger partial charge in [-0.05, 0) is 24.0 Å². The number of anilines is 1. The predicted molar refractivity (Wildman–Crippen MR) is 75.4 cm³/mol. The lowest BCUT2D eigenvalue weighted by molar-refractivity contribution is -0.174. The number of rotatable bonds is 2. The van der Waals surface area contributed by atoms with Crippen molar-refractivity contribution in [3.05, 3.63) is 29.3 Å². The number of hydrogen-bond acceptors (Lipinski definition) is 3. The number of nitrogens with one attached hydrogen (secondary N) is 1. The van der Waals surface area contributed by atoms with Crippen molar-refractivity contribution in [2.75, 3.05) is 4.90 Å². The zero-order chi connectivity index (χ0) is 17.6. The Balaban J connectivity index is 1.97. The Labute approximate surface area is 134 Å².